The van der Waals surface area contributed by atoms with E-state index in [0.29, 0.717) is 25.4 Å². The minimum absolute atomic E-state index is 0. The van der Waals surface area contributed by atoms with E-state index in [2.05, 4.69) is 16.7 Å². The number of benzene rings is 1. The minimum Gasteiger partial charge on any atom is -0.484 e. The highest BCUT2D eigenvalue weighted by Gasteiger charge is 2.28. The predicted octanol–water partition coefficient (Wildman–Crippen LogP) is 1.76. The van der Waals surface area contributed by atoms with Crippen molar-refractivity contribution in [3.05, 3.63) is 42.0 Å². The molecule has 2 aliphatic heterocycles. The number of carbonyl (C=O) groups is 2. The van der Waals surface area contributed by atoms with Crippen LogP contribution in [-0.2, 0) is 9.59 Å². The smallest absolute Gasteiger partial charge is 0.260 e. The molecule has 0 aliphatic carbocycles. The molecule has 3 rings (SSSR count). The number of nitrogens with one attached hydrogen (secondary N) is 2. The second kappa shape index (κ2) is 10.9. The number of para-hydroxylation sites is 1. The van der Waals surface area contributed by atoms with Crippen molar-refractivity contribution in [1.82, 2.24) is 15.5 Å². The number of likely N-dealkylation sites (tertiary alicyclic amines) is 1. The second-order valence-corrected chi connectivity index (χ2v) is 6.81. The number of hydrogen-bond acceptors (Lipinski definition) is 4. The monoisotopic (exact) mass is 393 g/mol. The van der Waals surface area contributed by atoms with E-state index in [0.717, 1.165) is 32.4 Å². The van der Waals surface area contributed by atoms with Crippen molar-refractivity contribution in [3.8, 4) is 5.75 Å². The van der Waals surface area contributed by atoms with Crippen LogP contribution in [0.25, 0.3) is 0 Å². The predicted molar refractivity (Wildman–Crippen MR) is 107 cm³/mol. The largest absolute Gasteiger partial charge is 0.484 e. The fourth-order valence-electron chi connectivity index (χ4n) is 3.35. The number of piperidine rings is 1. The summed E-state index contributed by atoms with van der Waals surface area (Å²) < 4.78 is 5.54. The summed E-state index contributed by atoms with van der Waals surface area (Å²) in [6.45, 7) is 3.63. The summed E-state index contributed by atoms with van der Waals surface area (Å²) >= 11 is 0. The van der Waals surface area contributed by atoms with Crippen LogP contribution in [0.15, 0.2) is 42.0 Å². The topological polar surface area (TPSA) is 70.7 Å². The van der Waals surface area contributed by atoms with Crippen LogP contribution in [0.4, 0.5) is 0 Å². The third-order valence-electron chi connectivity index (χ3n) is 4.90. The third kappa shape index (κ3) is 6.56. The van der Waals surface area contributed by atoms with E-state index in [1.165, 1.54) is 5.57 Å². The van der Waals surface area contributed by atoms with Crippen molar-refractivity contribution in [2.24, 2.45) is 5.92 Å². The van der Waals surface area contributed by atoms with Gasteiger partial charge in [0.15, 0.2) is 6.61 Å². The lowest BCUT2D eigenvalue weighted by Gasteiger charge is -2.32. The number of rotatable bonds is 6. The van der Waals surface area contributed by atoms with E-state index in [4.69, 9.17) is 4.74 Å². The molecule has 0 saturated carbocycles. The van der Waals surface area contributed by atoms with Gasteiger partial charge in [0.1, 0.15) is 5.75 Å². The van der Waals surface area contributed by atoms with E-state index >= 15 is 0 Å². The first-order valence-electron chi connectivity index (χ1n) is 9.34. The van der Waals surface area contributed by atoms with Crippen molar-refractivity contribution in [1.29, 1.82) is 0 Å². The Morgan fingerprint density at radius 3 is 2.81 bits per heavy atom. The molecule has 1 aromatic carbocycles. The van der Waals surface area contributed by atoms with Gasteiger partial charge < -0.3 is 20.3 Å². The summed E-state index contributed by atoms with van der Waals surface area (Å²) in [5.74, 6) is 0.535. The Balaban J connectivity index is 0.00000261. The normalized spacial score (nSPS) is 19.5. The van der Waals surface area contributed by atoms with Gasteiger partial charge in [0.05, 0.1) is 5.92 Å². The molecule has 0 spiro atoms. The molecule has 1 fully saturated rings. The van der Waals surface area contributed by atoms with E-state index in [1.54, 1.807) is 4.90 Å². The highest BCUT2D eigenvalue weighted by atomic mass is 35.5. The summed E-state index contributed by atoms with van der Waals surface area (Å²) in [5, 5.41) is 6.30. The van der Waals surface area contributed by atoms with E-state index < -0.39 is 0 Å². The Kier molecular flexibility index (Phi) is 8.61. The van der Waals surface area contributed by atoms with E-state index in [-0.39, 0.29) is 36.7 Å². The van der Waals surface area contributed by atoms with Crippen LogP contribution >= 0.6 is 12.4 Å². The minimum atomic E-state index is -0.133. The first-order chi connectivity index (χ1) is 12.7. The molecule has 2 heterocycles. The van der Waals surface area contributed by atoms with Gasteiger partial charge in [-0.15, -0.1) is 12.4 Å². The highest BCUT2D eigenvalue weighted by molar-refractivity contribution is 5.85. The van der Waals surface area contributed by atoms with Crippen molar-refractivity contribution in [2.45, 2.75) is 19.3 Å². The summed E-state index contributed by atoms with van der Waals surface area (Å²) in [6, 6.07) is 9.31. The first kappa shape index (κ1) is 21.3. The van der Waals surface area contributed by atoms with Gasteiger partial charge >= 0.3 is 0 Å². The maximum absolute atomic E-state index is 12.5. The van der Waals surface area contributed by atoms with Crippen LogP contribution in [0.3, 0.4) is 0 Å². The highest BCUT2D eigenvalue weighted by Crippen LogP contribution is 2.18. The van der Waals surface area contributed by atoms with E-state index in [9.17, 15) is 9.59 Å². The standard InChI is InChI=1S/C20H27N3O3.ClH/c24-19(15-26-18-6-2-1-3-7-18)23-12-4-5-17(14-23)20(25)22-13-16-8-10-21-11-9-16;/h1-3,6-8,17,21H,4-5,9-15H2,(H,22,25);1H. The number of carbonyl (C=O) groups excluding carboxylic acids is 2. The third-order valence-corrected chi connectivity index (χ3v) is 4.90. The molecule has 2 aliphatic rings. The van der Waals surface area contributed by atoms with Gasteiger partial charge in [-0.05, 0) is 37.9 Å². The number of hydrogen-bond donors (Lipinski definition) is 2. The summed E-state index contributed by atoms with van der Waals surface area (Å²) in [5.41, 5.74) is 1.28. The molecule has 0 aromatic heterocycles. The maximum atomic E-state index is 12.5. The molecule has 27 heavy (non-hydrogen) atoms. The SMILES string of the molecule is Cl.O=C(NCC1=CCNCC1)C1CCCN(C(=O)COc2ccccc2)C1. The molecule has 1 unspecified atom stereocenters. The summed E-state index contributed by atoms with van der Waals surface area (Å²) in [6.07, 6.45) is 4.80. The van der Waals surface area contributed by atoms with Crippen LogP contribution in [0.2, 0.25) is 0 Å². The first-order valence-corrected chi connectivity index (χ1v) is 9.34. The van der Waals surface area contributed by atoms with Crippen LogP contribution in [0, 0.1) is 5.92 Å². The lowest BCUT2D eigenvalue weighted by atomic mass is 9.97. The number of nitrogens with zero attached hydrogens (tertiary/aromatic N) is 1. The van der Waals surface area contributed by atoms with Crippen LogP contribution in [-0.4, -0.2) is 56.0 Å². The van der Waals surface area contributed by atoms with Crippen molar-refractivity contribution in [2.75, 3.05) is 39.3 Å². The molecule has 6 nitrogen and oxygen atoms in total. The number of amides is 2. The Hall–Kier alpha value is -2.05. The molecule has 2 amide bonds. The molecule has 1 aromatic rings. The van der Waals surface area contributed by atoms with Gasteiger partial charge in [0.2, 0.25) is 5.91 Å². The summed E-state index contributed by atoms with van der Waals surface area (Å²) in [7, 11) is 0. The van der Waals surface area contributed by atoms with Gasteiger partial charge in [-0.1, -0.05) is 29.8 Å². The van der Waals surface area contributed by atoms with Gasteiger partial charge in [0, 0.05) is 26.2 Å². The lowest BCUT2D eigenvalue weighted by molar-refractivity contribution is -0.137. The van der Waals surface area contributed by atoms with Crippen molar-refractivity contribution < 1.29 is 14.3 Å². The molecule has 7 heteroatoms. The fraction of sp³-hybridized carbons (Fsp3) is 0.500. The van der Waals surface area contributed by atoms with Gasteiger partial charge in [-0.3, -0.25) is 9.59 Å². The zero-order chi connectivity index (χ0) is 18.2. The average Bonchev–Trinajstić information content (AvgIpc) is 2.72. The zero-order valence-corrected chi connectivity index (χ0v) is 16.3. The molecular formula is C20H28ClN3O3. The van der Waals surface area contributed by atoms with Crippen molar-refractivity contribution in [3.63, 3.8) is 0 Å². The zero-order valence-electron chi connectivity index (χ0n) is 15.5. The average molecular weight is 394 g/mol. The molecule has 0 radical (unpaired) electrons. The van der Waals surface area contributed by atoms with Gasteiger partial charge in [-0.25, -0.2) is 0 Å². The van der Waals surface area contributed by atoms with Gasteiger partial charge in [-0.2, -0.15) is 0 Å². The van der Waals surface area contributed by atoms with Crippen LogP contribution < -0.4 is 15.4 Å². The Morgan fingerprint density at radius 2 is 2.07 bits per heavy atom. The van der Waals surface area contributed by atoms with Crippen LogP contribution in [0.5, 0.6) is 5.75 Å². The van der Waals surface area contributed by atoms with Crippen molar-refractivity contribution >= 4 is 24.2 Å². The van der Waals surface area contributed by atoms with Crippen LogP contribution in [0.1, 0.15) is 19.3 Å². The molecule has 148 valence electrons. The lowest BCUT2D eigenvalue weighted by Crippen LogP contribution is -2.47. The summed E-state index contributed by atoms with van der Waals surface area (Å²) in [4.78, 5) is 26.6. The molecule has 1 saturated heterocycles. The van der Waals surface area contributed by atoms with E-state index in [1.807, 2.05) is 30.3 Å². The second-order valence-electron chi connectivity index (χ2n) is 6.81. The fourth-order valence-corrected chi connectivity index (χ4v) is 3.35. The number of halogens is 1. The molecular weight excluding hydrogens is 366 g/mol. The van der Waals surface area contributed by atoms with Gasteiger partial charge in [0.25, 0.3) is 5.91 Å². The number of ether oxygens (including phenoxy) is 1. The quantitative estimate of drug-likeness (QED) is 0.722. The molecule has 1 atom stereocenters. The molecule has 0 bridgehead atoms. The molecule has 2 N–H and O–H groups in total. The Labute approximate surface area is 166 Å². The maximum Gasteiger partial charge on any atom is 0.260 e. The Morgan fingerprint density at radius 1 is 1.26 bits per heavy atom. The Bertz CT molecular complexity index is 651.